The monoisotopic (exact) mass is 1420 g/mol. The first-order chi connectivity index (χ1) is 50.6. The molecule has 0 aliphatic heterocycles. The average Bonchev–Trinajstić information content (AvgIpc) is 1.16. The molecule has 1 N–H and O–H groups in total. The number of hydrogen-bond donors (Lipinski definition) is 1. The normalized spacial score (nSPS) is 14.0. The van der Waals surface area contributed by atoms with Crippen molar-refractivity contribution in [2.75, 3.05) is 47.5 Å². The molecule has 2 unspecified atom stereocenters. The van der Waals surface area contributed by atoms with E-state index >= 15 is 0 Å². The van der Waals surface area contributed by atoms with E-state index in [-0.39, 0.29) is 38.6 Å². The Morgan fingerprint density at radius 3 is 0.786 bits per heavy atom. The van der Waals surface area contributed by atoms with Crippen molar-refractivity contribution in [1.29, 1.82) is 0 Å². The first-order valence-corrected chi connectivity index (χ1v) is 40.2. The Balaban J connectivity index is 4.20. The molecule has 0 rings (SSSR count). The van der Waals surface area contributed by atoms with Crippen molar-refractivity contribution in [1.82, 2.24) is 0 Å². The summed E-state index contributed by atoms with van der Waals surface area (Å²) in [5, 5.41) is 9.77. The minimum Gasteiger partial charge on any atom is -0.477 e. The lowest BCUT2D eigenvalue weighted by Gasteiger charge is -2.25. The average molecular weight is 1420 g/mol. The molecular weight excluding hydrogens is 1270 g/mol. The molecule has 2 atom stereocenters. The number of hydrogen-bond acceptors (Lipinski definition) is 7. The summed E-state index contributed by atoms with van der Waals surface area (Å²) in [6.45, 7) is 4.58. The standard InChI is InChI=1S/C94H145NO8/c1-6-8-10-12-14-16-18-20-22-24-26-28-30-32-34-36-38-40-42-44-45-46-47-49-50-52-54-56-58-60-62-64-66-68-70-72-74-76-78-80-82-84-91(96)101-88-90(89-102-94(93(98)99)100-87-86-95(3,4)5)103-92(97)85-83-81-79-77-75-73-71-69-67-65-63-61-59-57-55-53-51-48-43-41-39-37-35-33-31-29-27-25-23-21-19-17-15-13-11-9-7-2/h8-11,14-17,20-23,26-29,32-35,38-41,44-45,47-49,51-52,54-55,57,61,63,67,69,73,75,90,94H,6-7,12-13,18-19,24-25,30-31,36-37,42-43,46,50,53,56,58-60,62,64-66,68,70-72,74,76-89H2,1-5H3/p+1/b10-8-,11-9-,16-14-,17-15-,22-20-,23-21-,28-26-,29-27-,34-32-,35-33-,40-38-,41-39-,45-44-,49-47-,51-48-,54-52-,57-55-,63-61-,69-67-,75-73-. The predicted molar refractivity (Wildman–Crippen MR) is 446 cm³/mol. The van der Waals surface area contributed by atoms with Crippen LogP contribution in [0.3, 0.4) is 0 Å². The number of esters is 2. The highest BCUT2D eigenvalue weighted by atomic mass is 16.7. The van der Waals surface area contributed by atoms with Gasteiger partial charge in [-0.05, 0) is 167 Å². The van der Waals surface area contributed by atoms with Gasteiger partial charge in [-0.25, -0.2) is 4.79 Å². The van der Waals surface area contributed by atoms with Crippen LogP contribution in [-0.4, -0.2) is 87.4 Å². The highest BCUT2D eigenvalue weighted by Crippen LogP contribution is 2.16. The molecule has 0 aromatic heterocycles. The molecule has 0 spiro atoms. The van der Waals surface area contributed by atoms with Gasteiger partial charge in [-0.1, -0.05) is 334 Å². The van der Waals surface area contributed by atoms with Crippen molar-refractivity contribution in [3.63, 3.8) is 0 Å². The van der Waals surface area contributed by atoms with E-state index in [1.807, 2.05) is 21.1 Å². The third-order valence-electron chi connectivity index (χ3n) is 16.1. The minimum atomic E-state index is -1.54. The van der Waals surface area contributed by atoms with E-state index in [1.165, 1.54) is 64.2 Å². The van der Waals surface area contributed by atoms with Crippen LogP contribution in [0.15, 0.2) is 243 Å². The molecule has 0 aromatic carbocycles. The predicted octanol–water partition coefficient (Wildman–Crippen LogP) is 26.4. The number of quaternary nitrogens is 1. The zero-order valence-corrected chi connectivity index (χ0v) is 65.6. The quantitative estimate of drug-likeness (QED) is 0.0211. The number of carbonyl (C=O) groups excluding carboxylic acids is 2. The van der Waals surface area contributed by atoms with Crippen molar-refractivity contribution in [3.8, 4) is 0 Å². The Hall–Kier alpha value is -6.91. The number of ether oxygens (including phenoxy) is 4. The highest BCUT2D eigenvalue weighted by molar-refractivity contribution is 5.71. The van der Waals surface area contributed by atoms with Gasteiger partial charge in [0.05, 0.1) is 34.4 Å². The van der Waals surface area contributed by atoms with Crippen LogP contribution in [0.25, 0.3) is 0 Å². The van der Waals surface area contributed by atoms with Gasteiger partial charge in [-0.2, -0.15) is 0 Å². The molecule has 103 heavy (non-hydrogen) atoms. The molecule has 574 valence electrons. The second kappa shape index (κ2) is 80.8. The molecule has 9 nitrogen and oxygen atoms in total. The molecule has 0 fully saturated rings. The van der Waals surface area contributed by atoms with E-state index in [0.717, 1.165) is 173 Å². The minimum absolute atomic E-state index is 0.168. The van der Waals surface area contributed by atoms with E-state index in [4.69, 9.17) is 18.9 Å². The van der Waals surface area contributed by atoms with Gasteiger partial charge in [0.1, 0.15) is 13.2 Å². The Morgan fingerprint density at radius 1 is 0.291 bits per heavy atom. The van der Waals surface area contributed by atoms with Gasteiger partial charge in [-0.3, -0.25) is 9.59 Å². The molecular formula is C94H146NO8+. The van der Waals surface area contributed by atoms with Crippen LogP contribution in [0, 0.1) is 0 Å². The zero-order valence-electron chi connectivity index (χ0n) is 65.6. The van der Waals surface area contributed by atoms with Crippen molar-refractivity contribution in [3.05, 3.63) is 243 Å². The van der Waals surface area contributed by atoms with Crippen molar-refractivity contribution in [2.24, 2.45) is 0 Å². The number of carboxylic acids is 1. The van der Waals surface area contributed by atoms with E-state index < -0.39 is 24.3 Å². The van der Waals surface area contributed by atoms with Crippen LogP contribution < -0.4 is 0 Å². The SMILES string of the molecule is CC/C=C\C/C=C\C/C=C\C/C=C\C/C=C\C/C=C\C/C=C\C/C=C\C/C=C\C/C=C\C/C=C\CCCCCC(=O)OC(COC(=O)CCCCCCCCCCCCCCC/C=C\C/C=C\C/C=C\C/C=C\C/C=C\C/C=C\C/C=C\C/C=C\C/C=C\CC)COC(OCC[N+](C)(C)C)C(=O)O. The Bertz CT molecular complexity index is 2610. The Morgan fingerprint density at radius 2 is 0.524 bits per heavy atom. The smallest absolute Gasteiger partial charge is 0.361 e. The number of nitrogens with zero attached hydrogens (tertiary/aromatic N) is 1. The second-order valence-corrected chi connectivity index (χ2v) is 26.9. The summed E-state index contributed by atoms with van der Waals surface area (Å²) in [6, 6.07) is 0. The van der Waals surface area contributed by atoms with E-state index in [9.17, 15) is 19.5 Å². The molecule has 0 radical (unpaired) electrons. The number of allylic oxidation sites excluding steroid dienone is 40. The van der Waals surface area contributed by atoms with Crippen LogP contribution in [0.2, 0.25) is 0 Å². The Kier molecular flexibility index (Phi) is 75.4. The molecule has 0 aliphatic rings. The van der Waals surface area contributed by atoms with Crippen LogP contribution in [0.4, 0.5) is 0 Å². The molecule has 0 heterocycles. The molecule has 0 bridgehead atoms. The molecule has 9 heteroatoms. The van der Waals surface area contributed by atoms with E-state index in [1.54, 1.807) is 0 Å². The molecule has 0 saturated heterocycles. The molecule has 0 aromatic rings. The topological polar surface area (TPSA) is 108 Å². The zero-order chi connectivity index (χ0) is 74.6. The van der Waals surface area contributed by atoms with Gasteiger partial charge < -0.3 is 28.5 Å². The number of carboxylic acid groups (broad SMARTS) is 1. The fraction of sp³-hybridized carbons (Fsp3) is 0.543. The van der Waals surface area contributed by atoms with Gasteiger partial charge in [-0.15, -0.1) is 0 Å². The number of likely N-dealkylation sites (N-methyl/N-ethyl adjacent to an activating group) is 1. The van der Waals surface area contributed by atoms with Crippen LogP contribution in [0.1, 0.15) is 271 Å². The van der Waals surface area contributed by atoms with E-state index in [0.29, 0.717) is 17.4 Å². The third kappa shape index (κ3) is 82.3. The summed E-state index contributed by atoms with van der Waals surface area (Å²) in [7, 11) is 5.95. The molecule has 0 saturated carbocycles. The second-order valence-electron chi connectivity index (χ2n) is 26.9. The van der Waals surface area contributed by atoms with Gasteiger partial charge in [0.25, 0.3) is 6.29 Å². The largest absolute Gasteiger partial charge is 0.477 e. The van der Waals surface area contributed by atoms with Gasteiger partial charge in [0, 0.05) is 12.8 Å². The summed E-state index contributed by atoms with van der Waals surface area (Å²) < 4.78 is 23.0. The fourth-order valence-corrected chi connectivity index (χ4v) is 10.1. The summed E-state index contributed by atoms with van der Waals surface area (Å²) in [6.07, 6.45) is 127. The maximum atomic E-state index is 13.0. The highest BCUT2D eigenvalue weighted by Gasteiger charge is 2.25. The van der Waals surface area contributed by atoms with Crippen LogP contribution in [-0.2, 0) is 33.3 Å². The first-order valence-electron chi connectivity index (χ1n) is 40.2. The van der Waals surface area contributed by atoms with E-state index in [2.05, 4.69) is 257 Å². The van der Waals surface area contributed by atoms with Crippen molar-refractivity contribution in [2.45, 2.75) is 283 Å². The van der Waals surface area contributed by atoms with Crippen LogP contribution in [0.5, 0.6) is 0 Å². The number of aliphatic carboxylic acids is 1. The molecule has 0 amide bonds. The lowest BCUT2D eigenvalue weighted by molar-refractivity contribution is -0.870. The summed E-state index contributed by atoms with van der Waals surface area (Å²) >= 11 is 0. The number of rotatable bonds is 71. The third-order valence-corrected chi connectivity index (χ3v) is 16.1. The first kappa shape index (κ1) is 96.1. The summed E-state index contributed by atoms with van der Waals surface area (Å²) in [5.74, 6) is -2.07. The lowest BCUT2D eigenvalue weighted by Crippen LogP contribution is -2.40. The Labute approximate surface area is 631 Å². The van der Waals surface area contributed by atoms with Crippen LogP contribution >= 0.6 is 0 Å². The van der Waals surface area contributed by atoms with Gasteiger partial charge in [0.2, 0.25) is 0 Å². The van der Waals surface area contributed by atoms with Crippen molar-refractivity contribution < 1.29 is 42.9 Å². The van der Waals surface area contributed by atoms with Gasteiger partial charge >= 0.3 is 17.9 Å². The van der Waals surface area contributed by atoms with Crippen molar-refractivity contribution >= 4 is 17.9 Å². The molecule has 0 aliphatic carbocycles. The fourth-order valence-electron chi connectivity index (χ4n) is 10.1. The summed E-state index contributed by atoms with van der Waals surface area (Å²) in [4.78, 5) is 37.7. The van der Waals surface area contributed by atoms with Gasteiger partial charge in [0.15, 0.2) is 6.10 Å². The summed E-state index contributed by atoms with van der Waals surface area (Å²) in [5.41, 5.74) is 0. The maximum Gasteiger partial charge on any atom is 0.361 e. The number of carbonyl (C=O) groups is 3. The lowest BCUT2D eigenvalue weighted by atomic mass is 10.0. The maximum absolute atomic E-state index is 13.0. The number of unbranched alkanes of at least 4 members (excludes halogenated alkanes) is 16.